The molecule has 166 valence electrons. The van der Waals surface area contributed by atoms with Crippen molar-refractivity contribution in [2.24, 2.45) is 0 Å². The molecule has 3 aromatic rings. The number of carbonyl (C=O) groups excluding carboxylic acids is 1. The molecule has 8 nitrogen and oxygen atoms in total. The number of morpholine rings is 1. The fourth-order valence-corrected chi connectivity index (χ4v) is 4.27. The molecule has 1 amide bonds. The predicted octanol–water partition coefficient (Wildman–Crippen LogP) is 3.84. The third-order valence-electron chi connectivity index (χ3n) is 5.35. The summed E-state index contributed by atoms with van der Waals surface area (Å²) in [5, 5.41) is 17.5. The zero-order chi connectivity index (χ0) is 22.5. The molecule has 0 bridgehead atoms. The van der Waals surface area contributed by atoms with E-state index in [9.17, 15) is 14.9 Å². The van der Waals surface area contributed by atoms with Gasteiger partial charge in [0.15, 0.2) is 0 Å². The Hall–Kier alpha value is -3.30. The molecule has 2 heterocycles. The van der Waals surface area contributed by atoms with Crippen LogP contribution in [0.15, 0.2) is 47.8 Å². The van der Waals surface area contributed by atoms with Gasteiger partial charge in [-0.15, -0.1) is 11.3 Å². The Morgan fingerprint density at radius 2 is 1.97 bits per heavy atom. The van der Waals surface area contributed by atoms with Crippen LogP contribution < -0.4 is 10.2 Å². The quantitative estimate of drug-likeness (QED) is 0.432. The number of anilines is 1. The van der Waals surface area contributed by atoms with Gasteiger partial charge in [0.1, 0.15) is 5.69 Å². The van der Waals surface area contributed by atoms with Gasteiger partial charge >= 0.3 is 0 Å². The van der Waals surface area contributed by atoms with E-state index in [0.29, 0.717) is 45.0 Å². The van der Waals surface area contributed by atoms with Gasteiger partial charge in [0.25, 0.3) is 11.6 Å². The molecule has 1 fully saturated rings. The highest BCUT2D eigenvalue weighted by Gasteiger charge is 2.23. The maximum Gasteiger partial charge on any atom is 0.293 e. The predicted molar refractivity (Wildman–Crippen MR) is 124 cm³/mol. The highest BCUT2D eigenvalue weighted by molar-refractivity contribution is 7.09. The van der Waals surface area contributed by atoms with Crippen LogP contribution in [0.1, 0.15) is 20.9 Å². The number of carbonyl (C=O) groups is 1. The van der Waals surface area contributed by atoms with Gasteiger partial charge in [-0.3, -0.25) is 14.9 Å². The summed E-state index contributed by atoms with van der Waals surface area (Å²) in [6.45, 7) is 4.66. The van der Waals surface area contributed by atoms with Gasteiger partial charge in [-0.1, -0.05) is 24.3 Å². The van der Waals surface area contributed by atoms with Crippen molar-refractivity contribution in [3.05, 3.63) is 74.1 Å². The summed E-state index contributed by atoms with van der Waals surface area (Å²) in [4.78, 5) is 30.1. The number of hydrogen-bond donors (Lipinski definition) is 1. The van der Waals surface area contributed by atoms with E-state index in [1.54, 1.807) is 23.5 Å². The first-order valence-corrected chi connectivity index (χ1v) is 11.3. The van der Waals surface area contributed by atoms with E-state index in [2.05, 4.69) is 10.3 Å². The van der Waals surface area contributed by atoms with Gasteiger partial charge in [0.05, 0.1) is 28.8 Å². The lowest BCUT2D eigenvalue weighted by atomic mass is 10.1. The number of nitrogens with zero attached hydrogens (tertiary/aromatic N) is 3. The van der Waals surface area contributed by atoms with E-state index in [1.165, 1.54) is 6.07 Å². The number of aromatic nitrogens is 1. The first kappa shape index (κ1) is 21.9. The molecular weight excluding hydrogens is 428 g/mol. The Bertz CT molecular complexity index is 1110. The number of hydrogen-bond acceptors (Lipinski definition) is 7. The monoisotopic (exact) mass is 452 g/mol. The third-order valence-corrected chi connectivity index (χ3v) is 6.13. The van der Waals surface area contributed by atoms with Crippen molar-refractivity contribution in [1.29, 1.82) is 0 Å². The number of benzene rings is 2. The van der Waals surface area contributed by atoms with E-state index in [0.717, 1.165) is 21.8 Å². The van der Waals surface area contributed by atoms with Crippen LogP contribution in [0.5, 0.6) is 0 Å². The molecule has 1 aliphatic rings. The van der Waals surface area contributed by atoms with Crippen molar-refractivity contribution in [3.63, 3.8) is 0 Å². The van der Waals surface area contributed by atoms with E-state index in [4.69, 9.17) is 4.74 Å². The van der Waals surface area contributed by atoms with E-state index in [-0.39, 0.29) is 17.2 Å². The summed E-state index contributed by atoms with van der Waals surface area (Å²) < 4.78 is 5.32. The minimum absolute atomic E-state index is 0.0626. The van der Waals surface area contributed by atoms with Crippen LogP contribution in [0.4, 0.5) is 11.4 Å². The molecule has 1 N–H and O–H groups in total. The lowest BCUT2D eigenvalue weighted by molar-refractivity contribution is -0.384. The van der Waals surface area contributed by atoms with Crippen molar-refractivity contribution in [1.82, 2.24) is 10.3 Å². The molecule has 9 heteroatoms. The molecule has 2 aromatic carbocycles. The van der Waals surface area contributed by atoms with Crippen LogP contribution in [0.3, 0.4) is 0 Å². The van der Waals surface area contributed by atoms with Gasteiger partial charge < -0.3 is 15.0 Å². The summed E-state index contributed by atoms with van der Waals surface area (Å²) in [5.74, 6) is -0.323. The zero-order valence-corrected chi connectivity index (χ0v) is 18.6. The molecule has 0 radical (unpaired) electrons. The van der Waals surface area contributed by atoms with Crippen LogP contribution >= 0.6 is 11.3 Å². The Morgan fingerprint density at radius 1 is 1.22 bits per heavy atom. The number of nitro benzene ring substituents is 1. The summed E-state index contributed by atoms with van der Waals surface area (Å²) in [6, 6.07) is 12.7. The van der Waals surface area contributed by atoms with E-state index in [1.807, 2.05) is 41.5 Å². The number of amides is 1. The molecule has 1 aliphatic heterocycles. The molecule has 0 spiro atoms. The molecule has 32 heavy (non-hydrogen) atoms. The molecule has 4 rings (SSSR count). The number of nitro groups is 1. The lowest BCUT2D eigenvalue weighted by Crippen LogP contribution is -2.36. The maximum atomic E-state index is 12.6. The Labute approximate surface area is 190 Å². The van der Waals surface area contributed by atoms with Crippen molar-refractivity contribution < 1.29 is 14.5 Å². The zero-order valence-electron chi connectivity index (χ0n) is 17.7. The smallest absolute Gasteiger partial charge is 0.293 e. The highest BCUT2D eigenvalue weighted by atomic mass is 32.1. The topological polar surface area (TPSA) is 97.6 Å². The summed E-state index contributed by atoms with van der Waals surface area (Å²) >= 11 is 1.62. The lowest BCUT2D eigenvalue weighted by Gasteiger charge is -2.28. The Kier molecular flexibility index (Phi) is 6.77. The molecule has 0 unspecified atom stereocenters. The van der Waals surface area contributed by atoms with Gasteiger partial charge in [-0.2, -0.15) is 0 Å². The second-order valence-electron chi connectivity index (χ2n) is 7.51. The van der Waals surface area contributed by atoms with Crippen LogP contribution in [0.25, 0.3) is 11.3 Å². The van der Waals surface area contributed by atoms with Gasteiger partial charge in [0.2, 0.25) is 0 Å². The normalized spacial score (nSPS) is 13.7. The van der Waals surface area contributed by atoms with Crippen molar-refractivity contribution in [2.75, 3.05) is 37.7 Å². The summed E-state index contributed by atoms with van der Waals surface area (Å²) in [6.07, 6.45) is 0.663. The van der Waals surface area contributed by atoms with Crippen LogP contribution in [-0.4, -0.2) is 48.7 Å². The van der Waals surface area contributed by atoms with Crippen molar-refractivity contribution >= 4 is 28.6 Å². The fraction of sp³-hybridized carbons (Fsp3) is 0.304. The van der Waals surface area contributed by atoms with Crippen molar-refractivity contribution in [3.8, 4) is 11.3 Å². The molecule has 1 aromatic heterocycles. The van der Waals surface area contributed by atoms with Crippen LogP contribution in [0, 0.1) is 17.0 Å². The molecule has 0 atom stereocenters. The SMILES string of the molecule is Cc1nc(-c2ccc(CCNC(=O)c3ccc(N4CCOCC4)c([N+](=O)[O-])c3)cc2)cs1. The van der Waals surface area contributed by atoms with E-state index >= 15 is 0 Å². The van der Waals surface area contributed by atoms with Gasteiger partial charge in [-0.05, 0) is 31.0 Å². The average molecular weight is 453 g/mol. The van der Waals surface area contributed by atoms with E-state index < -0.39 is 4.92 Å². The van der Waals surface area contributed by atoms with Crippen LogP contribution in [0.2, 0.25) is 0 Å². The highest BCUT2D eigenvalue weighted by Crippen LogP contribution is 2.30. The Balaban J connectivity index is 1.36. The first-order valence-electron chi connectivity index (χ1n) is 10.4. The number of rotatable bonds is 7. The second kappa shape index (κ2) is 9.88. The fourth-order valence-electron chi connectivity index (χ4n) is 3.64. The summed E-state index contributed by atoms with van der Waals surface area (Å²) in [5.41, 5.74) is 3.86. The standard InChI is InChI=1S/C23H24N4O4S/c1-16-25-20(15-32-16)18-4-2-17(3-5-18)8-9-24-23(28)19-6-7-21(22(14-19)27(29)30)26-10-12-31-13-11-26/h2-7,14-15H,8-13H2,1H3,(H,24,28). The molecule has 0 aliphatic carbocycles. The average Bonchev–Trinajstić information content (AvgIpc) is 3.26. The minimum Gasteiger partial charge on any atom is -0.378 e. The first-order chi connectivity index (χ1) is 15.5. The number of ether oxygens (including phenoxy) is 1. The molecule has 0 saturated carbocycles. The third kappa shape index (κ3) is 5.12. The number of aryl methyl sites for hydroxylation is 1. The van der Waals surface area contributed by atoms with Gasteiger partial charge in [-0.25, -0.2) is 4.98 Å². The molecule has 1 saturated heterocycles. The largest absolute Gasteiger partial charge is 0.378 e. The maximum absolute atomic E-state index is 12.6. The summed E-state index contributed by atoms with van der Waals surface area (Å²) in [7, 11) is 0. The van der Waals surface area contributed by atoms with Crippen molar-refractivity contribution in [2.45, 2.75) is 13.3 Å². The Morgan fingerprint density at radius 3 is 2.62 bits per heavy atom. The molecular formula is C23H24N4O4S. The number of thiazole rings is 1. The van der Waals surface area contributed by atoms with Crippen LogP contribution in [-0.2, 0) is 11.2 Å². The van der Waals surface area contributed by atoms with Gasteiger partial charge in [0, 0.05) is 42.2 Å². The number of nitrogens with one attached hydrogen (secondary N) is 1. The minimum atomic E-state index is -0.438. The second-order valence-corrected chi connectivity index (χ2v) is 8.58.